The van der Waals surface area contributed by atoms with Crippen LogP contribution in [-0.4, -0.2) is 9.55 Å². The number of aromatic nitrogens is 2. The molecule has 0 atom stereocenters. The molecule has 0 fully saturated rings. The Hall–Kier alpha value is -2.20. The summed E-state index contributed by atoms with van der Waals surface area (Å²) >= 11 is 0. The summed E-state index contributed by atoms with van der Waals surface area (Å²) in [6, 6.07) is 2.57. The van der Waals surface area contributed by atoms with E-state index < -0.39 is 5.69 Å². The molecule has 70 valence electrons. The highest BCUT2D eigenvalue weighted by Crippen LogP contribution is 2.01. The first-order valence-electron chi connectivity index (χ1n) is 3.93. The lowest BCUT2D eigenvalue weighted by Crippen LogP contribution is -2.21. The zero-order valence-corrected chi connectivity index (χ0v) is 7.96. The van der Waals surface area contributed by atoms with E-state index in [2.05, 4.69) is 28.8 Å². The topological polar surface area (TPSA) is 60.9 Å². The van der Waals surface area contributed by atoms with Crippen LogP contribution in [0.5, 0.6) is 0 Å². The molecular formula is C10H9N3O. The Balaban J connectivity index is 3.44. The Labute approximate surface area is 81.8 Å². The Morgan fingerprint density at radius 3 is 2.71 bits per heavy atom. The van der Waals surface area contributed by atoms with Gasteiger partial charge in [0.1, 0.15) is 5.82 Å². The molecule has 1 rings (SSSR count). The first kappa shape index (κ1) is 9.88. The molecule has 0 saturated carbocycles. The van der Waals surface area contributed by atoms with Crippen molar-refractivity contribution in [1.29, 1.82) is 0 Å². The maximum atomic E-state index is 11.2. The summed E-state index contributed by atoms with van der Waals surface area (Å²) in [6.45, 7) is 3.31. The van der Waals surface area contributed by atoms with Crippen molar-refractivity contribution in [3.63, 3.8) is 0 Å². The molecule has 0 aliphatic carbocycles. The summed E-state index contributed by atoms with van der Waals surface area (Å²) < 4.78 is 1.16. The number of nitrogen functional groups attached to an aromatic ring is 1. The lowest BCUT2D eigenvalue weighted by Gasteiger charge is -1.98. The van der Waals surface area contributed by atoms with Crippen molar-refractivity contribution in [2.45, 2.75) is 13.8 Å². The van der Waals surface area contributed by atoms with E-state index in [0.717, 1.165) is 4.57 Å². The van der Waals surface area contributed by atoms with Gasteiger partial charge in [-0.1, -0.05) is 11.8 Å². The number of hydrogen-bond donors (Lipinski definition) is 1. The smallest absolute Gasteiger partial charge is 0.361 e. The quantitative estimate of drug-likeness (QED) is 0.583. The molecule has 14 heavy (non-hydrogen) atoms. The van der Waals surface area contributed by atoms with E-state index in [1.165, 1.54) is 6.20 Å². The van der Waals surface area contributed by atoms with Crippen LogP contribution in [0.2, 0.25) is 0 Å². The van der Waals surface area contributed by atoms with Crippen molar-refractivity contribution in [3.8, 4) is 23.8 Å². The minimum Gasteiger partial charge on any atom is -0.382 e. The van der Waals surface area contributed by atoms with E-state index in [4.69, 9.17) is 5.73 Å². The van der Waals surface area contributed by atoms with Gasteiger partial charge in [0.2, 0.25) is 0 Å². The molecule has 4 nitrogen and oxygen atoms in total. The van der Waals surface area contributed by atoms with Crippen LogP contribution in [0, 0.1) is 23.8 Å². The van der Waals surface area contributed by atoms with Crippen LogP contribution in [0.3, 0.4) is 0 Å². The van der Waals surface area contributed by atoms with Gasteiger partial charge in [0.05, 0.1) is 5.56 Å². The molecule has 0 spiro atoms. The van der Waals surface area contributed by atoms with Crippen molar-refractivity contribution in [3.05, 3.63) is 22.2 Å². The van der Waals surface area contributed by atoms with E-state index in [0.29, 0.717) is 5.56 Å². The second-order valence-electron chi connectivity index (χ2n) is 2.43. The lowest BCUT2D eigenvalue weighted by molar-refractivity contribution is 0.946. The summed E-state index contributed by atoms with van der Waals surface area (Å²) in [5.41, 5.74) is 5.52. The number of nitrogens with zero attached hydrogens (tertiary/aromatic N) is 2. The largest absolute Gasteiger partial charge is 0.382 e. The van der Waals surface area contributed by atoms with Crippen LogP contribution in [0.25, 0.3) is 0 Å². The van der Waals surface area contributed by atoms with E-state index in [1.54, 1.807) is 13.8 Å². The fraction of sp³-hybridized carbons (Fsp3) is 0.200. The van der Waals surface area contributed by atoms with Crippen molar-refractivity contribution in [1.82, 2.24) is 9.55 Å². The van der Waals surface area contributed by atoms with Gasteiger partial charge in [-0.25, -0.2) is 9.36 Å². The highest BCUT2D eigenvalue weighted by molar-refractivity contribution is 5.49. The molecule has 0 radical (unpaired) electrons. The van der Waals surface area contributed by atoms with Crippen LogP contribution in [0.15, 0.2) is 11.0 Å². The van der Waals surface area contributed by atoms with E-state index >= 15 is 0 Å². The van der Waals surface area contributed by atoms with E-state index in [9.17, 15) is 4.79 Å². The molecule has 0 aliphatic rings. The van der Waals surface area contributed by atoms with Gasteiger partial charge >= 0.3 is 5.69 Å². The summed E-state index contributed by atoms with van der Waals surface area (Å²) in [6.07, 6.45) is 1.48. The molecule has 0 bridgehead atoms. The number of rotatable bonds is 0. The van der Waals surface area contributed by atoms with E-state index in [1.807, 2.05) is 0 Å². The van der Waals surface area contributed by atoms with Crippen LogP contribution in [0.1, 0.15) is 19.4 Å². The number of hydrogen-bond acceptors (Lipinski definition) is 3. The maximum Gasteiger partial charge on any atom is 0.361 e. The van der Waals surface area contributed by atoms with Gasteiger partial charge in [-0.2, -0.15) is 4.98 Å². The summed E-state index contributed by atoms with van der Waals surface area (Å²) in [7, 11) is 0. The average molecular weight is 187 g/mol. The molecule has 0 amide bonds. The Morgan fingerprint density at radius 1 is 1.43 bits per heavy atom. The molecule has 1 aromatic rings. The van der Waals surface area contributed by atoms with Gasteiger partial charge in [0.25, 0.3) is 0 Å². The highest BCUT2D eigenvalue weighted by atomic mass is 16.1. The molecule has 2 N–H and O–H groups in total. The monoisotopic (exact) mass is 187 g/mol. The molecule has 1 aromatic heterocycles. The minimum absolute atomic E-state index is 0.138. The second-order valence-corrected chi connectivity index (χ2v) is 2.43. The third kappa shape index (κ3) is 1.94. The molecule has 0 aliphatic heterocycles. The lowest BCUT2D eigenvalue weighted by atomic mass is 10.3. The number of nitrogens with two attached hydrogens (primary N) is 1. The first-order valence-corrected chi connectivity index (χ1v) is 3.93. The predicted molar refractivity (Wildman–Crippen MR) is 54.3 cm³/mol. The SMILES string of the molecule is CC#Cc1cn(C#CC)c(=O)nc1N. The fourth-order valence-electron chi connectivity index (χ4n) is 0.899. The summed E-state index contributed by atoms with van der Waals surface area (Å²) in [4.78, 5) is 14.8. The minimum atomic E-state index is -0.487. The molecule has 0 saturated heterocycles. The summed E-state index contributed by atoms with van der Waals surface area (Å²) in [5, 5.41) is 0. The highest BCUT2D eigenvalue weighted by Gasteiger charge is 2.01. The predicted octanol–water partition coefficient (Wildman–Crippen LogP) is 0.0258. The van der Waals surface area contributed by atoms with Gasteiger partial charge in [0.15, 0.2) is 0 Å². The third-order valence-electron chi connectivity index (χ3n) is 1.45. The van der Waals surface area contributed by atoms with Crippen molar-refractivity contribution >= 4 is 5.82 Å². The molecule has 1 heterocycles. The van der Waals surface area contributed by atoms with Gasteiger partial charge in [0, 0.05) is 12.2 Å². The van der Waals surface area contributed by atoms with Gasteiger partial charge in [-0.15, -0.1) is 5.92 Å². The maximum absolute atomic E-state index is 11.2. The van der Waals surface area contributed by atoms with Crippen molar-refractivity contribution in [2.75, 3.05) is 5.73 Å². The first-order chi connectivity index (χ1) is 6.69. The second kappa shape index (κ2) is 4.15. The third-order valence-corrected chi connectivity index (χ3v) is 1.45. The van der Waals surface area contributed by atoms with Crippen LogP contribution < -0.4 is 11.4 Å². The molecule has 0 unspecified atom stereocenters. The fourth-order valence-corrected chi connectivity index (χ4v) is 0.899. The molecule has 4 heteroatoms. The van der Waals surface area contributed by atoms with Crippen LogP contribution in [0.4, 0.5) is 5.82 Å². The van der Waals surface area contributed by atoms with Gasteiger partial charge in [-0.3, -0.25) is 0 Å². The Kier molecular flexibility index (Phi) is 2.93. The normalized spacial score (nSPS) is 8.14. The standard InChI is InChI=1S/C10H9N3O/c1-3-5-8-7-13(6-4-2)10(14)12-9(8)11/h7H,1-2H3,(H2,11,12,14). The van der Waals surface area contributed by atoms with Gasteiger partial charge < -0.3 is 5.73 Å². The van der Waals surface area contributed by atoms with Crippen molar-refractivity contribution in [2.24, 2.45) is 0 Å². The number of anilines is 1. The Bertz CT molecular complexity index is 520. The Morgan fingerprint density at radius 2 is 2.14 bits per heavy atom. The van der Waals surface area contributed by atoms with Crippen LogP contribution >= 0.6 is 0 Å². The zero-order valence-electron chi connectivity index (χ0n) is 7.96. The molecular weight excluding hydrogens is 178 g/mol. The van der Waals surface area contributed by atoms with Crippen molar-refractivity contribution < 1.29 is 0 Å². The van der Waals surface area contributed by atoms with Gasteiger partial charge in [-0.05, 0) is 13.8 Å². The van der Waals surface area contributed by atoms with E-state index in [-0.39, 0.29) is 5.82 Å². The average Bonchev–Trinajstić information content (AvgIpc) is 2.14. The molecule has 0 aromatic carbocycles. The van der Waals surface area contributed by atoms with Crippen LogP contribution in [-0.2, 0) is 0 Å². The summed E-state index contributed by atoms with van der Waals surface area (Å²) in [5.74, 6) is 8.15. The zero-order chi connectivity index (χ0) is 10.6.